The van der Waals surface area contributed by atoms with Gasteiger partial charge < -0.3 is 0 Å². The summed E-state index contributed by atoms with van der Waals surface area (Å²) >= 11 is 0. The molecule has 7 nitrogen and oxygen atoms in total. The van der Waals surface area contributed by atoms with E-state index in [-0.39, 0.29) is 11.4 Å². The molecule has 0 saturated heterocycles. The maximum Gasteiger partial charge on any atom is 0.270 e. The van der Waals surface area contributed by atoms with Crippen molar-refractivity contribution in [2.24, 2.45) is 0 Å². The zero-order valence-electron chi connectivity index (χ0n) is 15.4. The molecule has 0 aromatic heterocycles. The Morgan fingerprint density at radius 3 is 1.87 bits per heavy atom. The number of rotatable bonds is 3. The summed E-state index contributed by atoms with van der Waals surface area (Å²) in [5.74, 6) is 5.50. The van der Waals surface area contributed by atoms with Crippen LogP contribution in [-0.4, -0.2) is 9.85 Å². The molecule has 0 aliphatic carbocycles. The first kappa shape index (κ1) is 20.5. The normalized spacial score (nSPS) is 11.7. The molecule has 0 spiro atoms. The van der Waals surface area contributed by atoms with E-state index < -0.39 is 17.0 Å². The number of nitrogens with zero attached hydrogens (tertiary/aromatic N) is 2. The Bertz CT molecular complexity index is 1280. The SMILES string of the molecule is O=[N+]([O-])c1ccc(C#CP(=O)(C#Cc2cccc([N+](=O)[O-])c2)c2ccccc2)cc1. The monoisotopic (exact) mass is 416 g/mol. The van der Waals surface area contributed by atoms with Crippen LogP contribution in [0.5, 0.6) is 0 Å². The molecule has 0 bridgehead atoms. The molecule has 3 aromatic carbocycles. The summed E-state index contributed by atoms with van der Waals surface area (Å²) in [5, 5.41) is 22.1. The van der Waals surface area contributed by atoms with Gasteiger partial charge in [-0.3, -0.25) is 24.8 Å². The van der Waals surface area contributed by atoms with Crippen LogP contribution in [0.25, 0.3) is 0 Å². The molecule has 3 aromatic rings. The highest BCUT2D eigenvalue weighted by Gasteiger charge is 2.19. The van der Waals surface area contributed by atoms with Gasteiger partial charge in [0.1, 0.15) is 0 Å². The largest absolute Gasteiger partial charge is 0.291 e. The van der Waals surface area contributed by atoms with Crippen molar-refractivity contribution in [1.29, 1.82) is 0 Å². The van der Waals surface area contributed by atoms with Crippen molar-refractivity contribution in [1.82, 2.24) is 0 Å². The van der Waals surface area contributed by atoms with Crippen molar-refractivity contribution >= 4 is 23.8 Å². The van der Waals surface area contributed by atoms with E-state index in [2.05, 4.69) is 23.2 Å². The van der Waals surface area contributed by atoms with Gasteiger partial charge in [-0.15, -0.1) is 0 Å². The standard InChI is InChI=1S/C22H13N2O5P/c25-23(26)20-11-9-18(10-12-20)13-15-30(29,22-7-2-1-3-8-22)16-14-19-5-4-6-21(17-19)24(27)28/h1-12,17H. The summed E-state index contributed by atoms with van der Waals surface area (Å²) in [7, 11) is -3.50. The minimum atomic E-state index is -3.50. The molecule has 1 unspecified atom stereocenters. The summed E-state index contributed by atoms with van der Waals surface area (Å²) in [5.41, 5.74) is 6.02. The summed E-state index contributed by atoms with van der Waals surface area (Å²) in [6.07, 6.45) is 0. The minimum Gasteiger partial charge on any atom is -0.291 e. The second-order valence-corrected chi connectivity index (χ2v) is 8.21. The molecule has 0 fully saturated rings. The average Bonchev–Trinajstić information content (AvgIpc) is 2.77. The second kappa shape index (κ2) is 8.87. The van der Waals surface area contributed by atoms with E-state index in [1.54, 1.807) is 36.4 Å². The molecular weight excluding hydrogens is 403 g/mol. The van der Waals surface area contributed by atoms with Gasteiger partial charge in [0.15, 0.2) is 0 Å². The topological polar surface area (TPSA) is 103 Å². The van der Waals surface area contributed by atoms with Gasteiger partial charge in [-0.2, -0.15) is 0 Å². The number of nitro benzene ring substituents is 2. The van der Waals surface area contributed by atoms with Crippen molar-refractivity contribution in [3.05, 3.63) is 110 Å². The van der Waals surface area contributed by atoms with E-state index in [4.69, 9.17) is 0 Å². The molecule has 30 heavy (non-hydrogen) atoms. The van der Waals surface area contributed by atoms with Crippen LogP contribution in [0.2, 0.25) is 0 Å². The number of hydrogen-bond acceptors (Lipinski definition) is 5. The second-order valence-electron chi connectivity index (χ2n) is 6.03. The van der Waals surface area contributed by atoms with Gasteiger partial charge in [0.05, 0.1) is 9.85 Å². The first-order chi connectivity index (χ1) is 14.4. The Morgan fingerprint density at radius 1 is 0.667 bits per heavy atom. The van der Waals surface area contributed by atoms with Gasteiger partial charge in [0.2, 0.25) is 0 Å². The molecule has 0 heterocycles. The lowest BCUT2D eigenvalue weighted by Crippen LogP contribution is -2.00. The molecule has 0 radical (unpaired) electrons. The van der Waals surface area contributed by atoms with Crippen LogP contribution < -0.4 is 5.30 Å². The maximum atomic E-state index is 13.6. The van der Waals surface area contributed by atoms with Gasteiger partial charge in [0.25, 0.3) is 18.5 Å². The summed E-state index contributed by atoms with van der Waals surface area (Å²) < 4.78 is 13.6. The molecule has 3 rings (SSSR count). The molecule has 8 heteroatoms. The Morgan fingerprint density at radius 2 is 1.27 bits per heavy atom. The molecule has 0 amide bonds. The van der Waals surface area contributed by atoms with Crippen LogP contribution in [0.4, 0.5) is 11.4 Å². The lowest BCUT2D eigenvalue weighted by Gasteiger charge is -2.04. The lowest BCUT2D eigenvalue weighted by molar-refractivity contribution is -0.385. The van der Waals surface area contributed by atoms with Crippen molar-refractivity contribution in [3.8, 4) is 23.2 Å². The number of benzene rings is 3. The Hall–Kier alpha value is -4.19. The van der Waals surface area contributed by atoms with E-state index in [0.29, 0.717) is 16.4 Å². The predicted octanol–water partition coefficient (Wildman–Crippen LogP) is 4.51. The van der Waals surface area contributed by atoms with Gasteiger partial charge in [0, 0.05) is 40.7 Å². The Kier molecular flexibility index (Phi) is 6.08. The van der Waals surface area contributed by atoms with Gasteiger partial charge in [-0.1, -0.05) is 36.1 Å². The fourth-order valence-electron chi connectivity index (χ4n) is 2.45. The smallest absolute Gasteiger partial charge is 0.270 e. The maximum absolute atomic E-state index is 13.6. The zero-order chi connectivity index (χ0) is 21.6. The Labute approximate surface area is 172 Å². The van der Waals surface area contributed by atoms with E-state index in [0.717, 1.165) is 0 Å². The Balaban J connectivity index is 2.02. The number of hydrogen-bond donors (Lipinski definition) is 0. The van der Waals surface area contributed by atoms with Crippen molar-refractivity contribution in [3.63, 3.8) is 0 Å². The zero-order valence-corrected chi connectivity index (χ0v) is 16.3. The first-order valence-electron chi connectivity index (χ1n) is 8.58. The van der Waals surface area contributed by atoms with Gasteiger partial charge in [-0.05, 0) is 41.7 Å². The quantitative estimate of drug-likeness (QED) is 0.270. The molecule has 0 saturated carbocycles. The van der Waals surface area contributed by atoms with Crippen molar-refractivity contribution in [2.45, 2.75) is 0 Å². The summed E-state index contributed by atoms with van der Waals surface area (Å²) in [4.78, 5) is 20.7. The summed E-state index contributed by atoms with van der Waals surface area (Å²) in [6, 6.07) is 19.8. The fraction of sp³-hybridized carbons (Fsp3) is 0. The van der Waals surface area contributed by atoms with Crippen LogP contribution in [0.1, 0.15) is 11.1 Å². The highest BCUT2D eigenvalue weighted by molar-refractivity contribution is 7.80. The molecule has 0 aliphatic rings. The molecule has 1 atom stereocenters. The molecule has 146 valence electrons. The van der Waals surface area contributed by atoms with Crippen LogP contribution in [0.15, 0.2) is 78.9 Å². The third-order valence-corrected chi connectivity index (χ3v) is 5.85. The van der Waals surface area contributed by atoms with E-state index in [1.807, 2.05) is 0 Å². The minimum absolute atomic E-state index is 0.0720. The fourth-order valence-corrected chi connectivity index (χ4v) is 3.92. The summed E-state index contributed by atoms with van der Waals surface area (Å²) in [6.45, 7) is 0. The lowest BCUT2D eigenvalue weighted by atomic mass is 10.2. The van der Waals surface area contributed by atoms with Crippen LogP contribution in [-0.2, 0) is 4.57 Å². The van der Waals surface area contributed by atoms with E-state index >= 15 is 0 Å². The third-order valence-electron chi connectivity index (χ3n) is 3.97. The van der Waals surface area contributed by atoms with Gasteiger partial charge in [-0.25, -0.2) is 0 Å². The third kappa shape index (κ3) is 4.99. The van der Waals surface area contributed by atoms with E-state index in [1.165, 1.54) is 42.5 Å². The molecule has 0 N–H and O–H groups in total. The molecule has 0 aliphatic heterocycles. The number of non-ortho nitro benzene ring substituents is 2. The van der Waals surface area contributed by atoms with Crippen LogP contribution >= 0.6 is 7.14 Å². The van der Waals surface area contributed by atoms with Crippen LogP contribution in [0, 0.1) is 43.4 Å². The van der Waals surface area contributed by atoms with Crippen molar-refractivity contribution in [2.75, 3.05) is 0 Å². The van der Waals surface area contributed by atoms with Crippen molar-refractivity contribution < 1.29 is 14.4 Å². The highest BCUT2D eigenvalue weighted by Crippen LogP contribution is 2.42. The van der Waals surface area contributed by atoms with Crippen LogP contribution in [0.3, 0.4) is 0 Å². The van der Waals surface area contributed by atoms with Gasteiger partial charge >= 0.3 is 0 Å². The highest BCUT2D eigenvalue weighted by atomic mass is 31.2. The van der Waals surface area contributed by atoms with E-state index in [9.17, 15) is 24.8 Å². The number of nitro groups is 2. The first-order valence-corrected chi connectivity index (χ1v) is 10.3. The predicted molar refractivity (Wildman–Crippen MR) is 114 cm³/mol. The molecular formula is C22H13N2O5P. The average molecular weight is 416 g/mol.